The van der Waals surface area contributed by atoms with Crippen LogP contribution in [0.1, 0.15) is 5.56 Å². The molecule has 0 spiro atoms. The highest BCUT2D eigenvalue weighted by molar-refractivity contribution is 6.06. The first-order valence-electron chi connectivity index (χ1n) is 9.85. The topological polar surface area (TPSA) is 88.1 Å². The van der Waals surface area contributed by atoms with Crippen molar-refractivity contribution in [1.29, 1.82) is 0 Å². The normalized spacial score (nSPS) is 11.2. The van der Waals surface area contributed by atoms with Gasteiger partial charge in [-0.25, -0.2) is 4.79 Å². The van der Waals surface area contributed by atoms with Crippen molar-refractivity contribution < 1.29 is 23.0 Å². The summed E-state index contributed by atoms with van der Waals surface area (Å²) in [5.41, 5.74) is 0.0713. The molecule has 3 aromatic carbocycles. The van der Waals surface area contributed by atoms with E-state index < -0.39 is 11.1 Å². The quantitative estimate of drug-likeness (QED) is 0.228. The van der Waals surface area contributed by atoms with Gasteiger partial charge in [0.25, 0.3) is 0 Å². The molecule has 0 aliphatic rings. The van der Waals surface area contributed by atoms with E-state index in [0.717, 1.165) is 5.56 Å². The lowest BCUT2D eigenvalue weighted by molar-refractivity contribution is 0.304. The van der Waals surface area contributed by atoms with Crippen LogP contribution < -0.4 is 25.3 Å². The smallest absolute Gasteiger partial charge is 0.380 e. The molecule has 0 aliphatic heterocycles. The lowest BCUT2D eigenvalue weighted by Gasteiger charge is -2.11. The van der Waals surface area contributed by atoms with Crippen LogP contribution in [0.3, 0.4) is 0 Å². The Bertz CT molecular complexity index is 1580. The number of methoxy groups -OCH3 is 2. The van der Waals surface area contributed by atoms with E-state index in [1.165, 1.54) is 14.2 Å². The summed E-state index contributed by atoms with van der Waals surface area (Å²) >= 11 is 0. The molecule has 7 heteroatoms. The van der Waals surface area contributed by atoms with E-state index in [0.29, 0.717) is 23.5 Å². The van der Waals surface area contributed by atoms with E-state index in [1.54, 1.807) is 30.3 Å². The van der Waals surface area contributed by atoms with Gasteiger partial charge < -0.3 is 23.0 Å². The van der Waals surface area contributed by atoms with Crippen LogP contribution in [0.5, 0.6) is 17.2 Å². The zero-order chi connectivity index (χ0) is 22.2. The van der Waals surface area contributed by atoms with E-state index in [4.69, 9.17) is 23.0 Å². The van der Waals surface area contributed by atoms with Gasteiger partial charge in [0, 0.05) is 23.6 Å². The van der Waals surface area contributed by atoms with E-state index in [9.17, 15) is 9.59 Å². The molecular formula is C25H18O7. The molecule has 0 amide bonds. The summed E-state index contributed by atoms with van der Waals surface area (Å²) in [6.45, 7) is 0.321. The lowest BCUT2D eigenvalue weighted by Crippen LogP contribution is -2.11. The second-order valence-corrected chi connectivity index (χ2v) is 7.16. The monoisotopic (exact) mass is 430 g/mol. The first-order chi connectivity index (χ1) is 15.6. The molecule has 0 atom stereocenters. The largest absolute Gasteiger partial charge is 0.497 e. The first-order valence-corrected chi connectivity index (χ1v) is 9.85. The van der Waals surface area contributed by atoms with Gasteiger partial charge in [-0.3, -0.25) is 4.79 Å². The molecule has 0 bridgehead atoms. The molecule has 2 aromatic heterocycles. The van der Waals surface area contributed by atoms with Crippen molar-refractivity contribution in [2.24, 2.45) is 0 Å². The van der Waals surface area contributed by atoms with Crippen LogP contribution in [0.15, 0.2) is 79.1 Å². The molecule has 0 unspecified atom stereocenters. The lowest BCUT2D eigenvalue weighted by atomic mass is 10.1. The Labute approximate surface area is 181 Å². The molecule has 5 rings (SSSR count). The Hall–Kier alpha value is -4.26. The summed E-state index contributed by atoms with van der Waals surface area (Å²) in [5, 5.41) is 0.792. The van der Waals surface area contributed by atoms with Crippen LogP contribution in [0.4, 0.5) is 0 Å². The van der Waals surface area contributed by atoms with Crippen LogP contribution in [0.25, 0.3) is 32.9 Å². The highest BCUT2D eigenvalue weighted by Crippen LogP contribution is 2.33. The molecule has 5 aromatic rings. The van der Waals surface area contributed by atoms with Gasteiger partial charge in [0.15, 0.2) is 0 Å². The Morgan fingerprint density at radius 3 is 2.31 bits per heavy atom. The molecule has 0 saturated carbocycles. The summed E-state index contributed by atoms with van der Waals surface area (Å²) in [6, 6.07) is 17.7. The molecule has 0 radical (unpaired) electrons. The van der Waals surface area contributed by atoms with Crippen LogP contribution in [0.2, 0.25) is 0 Å². The fraction of sp³-hybridized carbons (Fsp3) is 0.120. The summed E-state index contributed by atoms with van der Waals surface area (Å²) in [6.07, 6.45) is 0. The molecule has 160 valence electrons. The summed E-state index contributed by atoms with van der Waals surface area (Å²) in [4.78, 5) is 26.1. The average molecular weight is 430 g/mol. The summed E-state index contributed by atoms with van der Waals surface area (Å²) in [7, 11) is 2.96. The SMILES string of the molecule is COc1ccc2c(c1)oc(=O)c1oc3cc(OCc4ccccc4)cc(OC)c3c(=O)c12. The fourth-order valence-corrected chi connectivity index (χ4v) is 3.70. The van der Waals surface area contributed by atoms with E-state index in [-0.39, 0.29) is 33.3 Å². The Morgan fingerprint density at radius 2 is 1.56 bits per heavy atom. The molecule has 0 fully saturated rings. The molecule has 0 N–H and O–H groups in total. The van der Waals surface area contributed by atoms with Crippen molar-refractivity contribution in [3.8, 4) is 17.2 Å². The maximum Gasteiger partial charge on any atom is 0.380 e. The van der Waals surface area contributed by atoms with Gasteiger partial charge in [-0.15, -0.1) is 0 Å². The van der Waals surface area contributed by atoms with Gasteiger partial charge in [0.2, 0.25) is 11.0 Å². The molecule has 2 heterocycles. The Morgan fingerprint density at radius 1 is 0.781 bits per heavy atom. The maximum absolute atomic E-state index is 13.5. The maximum atomic E-state index is 13.5. The summed E-state index contributed by atoms with van der Waals surface area (Å²) in [5.74, 6) is 1.23. The molecule has 0 saturated heterocycles. The third kappa shape index (κ3) is 3.24. The second kappa shape index (κ2) is 7.77. The van der Waals surface area contributed by atoms with Gasteiger partial charge in [-0.05, 0) is 17.7 Å². The van der Waals surface area contributed by atoms with Crippen molar-refractivity contribution in [3.63, 3.8) is 0 Å². The minimum Gasteiger partial charge on any atom is -0.497 e. The standard InChI is InChI=1S/C25H18O7/c1-28-15-8-9-17-18(10-15)32-25(27)24-21(17)23(26)22-19(29-2)11-16(12-20(22)31-24)30-13-14-6-4-3-5-7-14/h3-12H,13H2,1-2H3. The minimum atomic E-state index is -0.755. The molecule has 0 aliphatic carbocycles. The highest BCUT2D eigenvalue weighted by Gasteiger charge is 2.20. The van der Waals surface area contributed by atoms with Gasteiger partial charge in [-0.1, -0.05) is 30.3 Å². The van der Waals surface area contributed by atoms with E-state index in [1.807, 2.05) is 30.3 Å². The molecule has 7 nitrogen and oxygen atoms in total. The second-order valence-electron chi connectivity index (χ2n) is 7.16. The van der Waals surface area contributed by atoms with Gasteiger partial charge >= 0.3 is 5.63 Å². The minimum absolute atomic E-state index is 0.127. The zero-order valence-corrected chi connectivity index (χ0v) is 17.3. The van der Waals surface area contributed by atoms with Crippen molar-refractivity contribution >= 4 is 32.9 Å². The third-order valence-corrected chi connectivity index (χ3v) is 5.25. The van der Waals surface area contributed by atoms with Crippen molar-refractivity contribution in [2.75, 3.05) is 14.2 Å². The highest BCUT2D eigenvalue weighted by atomic mass is 16.5. The average Bonchev–Trinajstić information content (AvgIpc) is 2.82. The predicted molar refractivity (Wildman–Crippen MR) is 120 cm³/mol. The van der Waals surface area contributed by atoms with Crippen LogP contribution in [-0.4, -0.2) is 14.2 Å². The van der Waals surface area contributed by atoms with Gasteiger partial charge in [0.05, 0.1) is 19.6 Å². The Balaban J connectivity index is 1.73. The van der Waals surface area contributed by atoms with Crippen LogP contribution in [0, 0.1) is 0 Å². The van der Waals surface area contributed by atoms with Gasteiger partial charge in [0.1, 0.15) is 40.4 Å². The van der Waals surface area contributed by atoms with Crippen molar-refractivity contribution in [1.82, 2.24) is 0 Å². The van der Waals surface area contributed by atoms with Crippen molar-refractivity contribution in [2.45, 2.75) is 6.61 Å². The molecule has 32 heavy (non-hydrogen) atoms. The number of hydrogen-bond acceptors (Lipinski definition) is 7. The number of rotatable bonds is 5. The van der Waals surface area contributed by atoms with Crippen LogP contribution in [-0.2, 0) is 6.61 Å². The van der Waals surface area contributed by atoms with E-state index >= 15 is 0 Å². The zero-order valence-electron chi connectivity index (χ0n) is 17.3. The third-order valence-electron chi connectivity index (χ3n) is 5.25. The van der Waals surface area contributed by atoms with Gasteiger partial charge in [-0.2, -0.15) is 0 Å². The van der Waals surface area contributed by atoms with E-state index in [2.05, 4.69) is 0 Å². The Kier molecular flexibility index (Phi) is 4.78. The van der Waals surface area contributed by atoms with Crippen molar-refractivity contribution in [3.05, 3.63) is 86.9 Å². The van der Waals surface area contributed by atoms with Crippen LogP contribution >= 0.6 is 0 Å². The first kappa shape index (κ1) is 19.7. The predicted octanol–water partition coefficient (Wildman–Crippen LogP) is 4.65. The molecular weight excluding hydrogens is 412 g/mol. The number of hydrogen-bond donors (Lipinski definition) is 0. The summed E-state index contributed by atoms with van der Waals surface area (Å²) < 4.78 is 27.8. The number of benzene rings is 3. The number of fused-ring (bicyclic) bond motifs is 4. The number of ether oxygens (including phenoxy) is 3. The fourth-order valence-electron chi connectivity index (χ4n) is 3.70.